The van der Waals surface area contributed by atoms with E-state index in [1.165, 1.54) is 6.20 Å². The lowest BCUT2D eigenvalue weighted by Crippen LogP contribution is -2.30. The van der Waals surface area contributed by atoms with Crippen molar-refractivity contribution in [3.05, 3.63) is 34.5 Å². The third-order valence-electron chi connectivity index (χ3n) is 6.57. The summed E-state index contributed by atoms with van der Waals surface area (Å²) in [5.41, 5.74) is 4.05. The Balaban J connectivity index is 1.47. The molecule has 3 atom stereocenters. The molecule has 3 N–H and O–H groups in total. The van der Waals surface area contributed by atoms with Gasteiger partial charge in [-0.25, -0.2) is 23.2 Å². The van der Waals surface area contributed by atoms with Crippen LogP contribution in [0.2, 0.25) is 0 Å². The maximum Gasteiger partial charge on any atom is 0.354 e. The summed E-state index contributed by atoms with van der Waals surface area (Å²) in [6.07, 6.45) is 4.44. The average Bonchev–Trinajstić information content (AvgIpc) is 3.43. The number of carbonyl (C=O) groups excluding carboxylic acids is 1. The summed E-state index contributed by atoms with van der Waals surface area (Å²) in [5.74, 6) is 0.287. The number of fused-ring (bicyclic) bond motifs is 3. The number of hydrogen-bond donors (Lipinski definition) is 2. The van der Waals surface area contributed by atoms with E-state index < -0.39 is 27.7 Å². The van der Waals surface area contributed by atoms with Gasteiger partial charge in [-0.05, 0) is 54.9 Å². The topological polar surface area (TPSA) is 112 Å². The molecule has 2 aliphatic carbocycles. The summed E-state index contributed by atoms with van der Waals surface area (Å²) in [6.45, 7) is 4.43. The fraction of sp³-hybridized carbons (Fsp3) is 0.524. The third kappa shape index (κ3) is 3.41. The first-order valence-electron chi connectivity index (χ1n) is 10.6. The molecule has 166 valence electrons. The molecule has 0 spiro atoms. The highest BCUT2D eigenvalue weighted by Gasteiger charge is 2.38. The van der Waals surface area contributed by atoms with Gasteiger partial charge in [0.25, 0.3) is 0 Å². The Hall–Kier alpha value is -2.46. The van der Waals surface area contributed by atoms with Crippen LogP contribution < -0.4 is 15.2 Å². The molecule has 2 aromatic rings. The number of nitrogens with zero attached hydrogens (tertiary/aromatic N) is 3. The number of anilines is 1. The van der Waals surface area contributed by atoms with Crippen LogP contribution in [0, 0.1) is 0 Å². The van der Waals surface area contributed by atoms with Crippen LogP contribution in [-0.2, 0) is 42.1 Å². The number of hydrogen-bond acceptors (Lipinski definition) is 4. The molecule has 0 unspecified atom stereocenters. The first kappa shape index (κ1) is 20.4. The first-order chi connectivity index (χ1) is 14.7. The predicted molar refractivity (Wildman–Crippen MR) is 114 cm³/mol. The molecule has 5 rings (SSSR count). The number of urea groups is 1. The lowest BCUT2D eigenvalue weighted by Gasteiger charge is -2.20. The van der Waals surface area contributed by atoms with Gasteiger partial charge in [-0.1, -0.05) is 13.0 Å². The van der Waals surface area contributed by atoms with Crippen LogP contribution in [0.3, 0.4) is 0 Å². The molecule has 2 heterocycles. The fourth-order valence-electron chi connectivity index (χ4n) is 4.79. The Kier molecular flexibility index (Phi) is 4.63. The van der Waals surface area contributed by atoms with Crippen molar-refractivity contribution in [1.29, 1.82) is 0 Å². The van der Waals surface area contributed by atoms with Gasteiger partial charge in [-0.2, -0.15) is 5.10 Å². The summed E-state index contributed by atoms with van der Waals surface area (Å²) < 4.78 is 38.6. The van der Waals surface area contributed by atoms with Gasteiger partial charge < -0.3 is 10.1 Å². The SMILES string of the molecule is CC[C@]1(C)Cn2ncc([S@](N)(=O)=NC(=O)Nc3c4c(cc5c3C[C@@H](F)C5)CCC4)c2O1. The van der Waals surface area contributed by atoms with E-state index in [-0.39, 0.29) is 17.2 Å². The van der Waals surface area contributed by atoms with E-state index in [4.69, 9.17) is 9.88 Å². The minimum atomic E-state index is -3.58. The lowest BCUT2D eigenvalue weighted by atomic mass is 9.99. The van der Waals surface area contributed by atoms with Crippen LogP contribution >= 0.6 is 0 Å². The quantitative estimate of drug-likeness (QED) is 0.752. The summed E-state index contributed by atoms with van der Waals surface area (Å²) in [7, 11) is -3.58. The molecule has 1 aromatic carbocycles. The number of benzene rings is 1. The van der Waals surface area contributed by atoms with E-state index in [0.717, 1.165) is 47.9 Å². The van der Waals surface area contributed by atoms with Gasteiger partial charge in [-0.15, -0.1) is 4.36 Å². The number of amides is 2. The number of aromatic nitrogens is 2. The van der Waals surface area contributed by atoms with Crippen molar-refractivity contribution in [3.63, 3.8) is 0 Å². The molecule has 0 saturated heterocycles. The van der Waals surface area contributed by atoms with Crippen molar-refractivity contribution in [2.24, 2.45) is 9.50 Å². The van der Waals surface area contributed by atoms with Gasteiger partial charge in [-0.3, -0.25) is 0 Å². The minimum Gasteiger partial charge on any atom is -0.469 e. The van der Waals surface area contributed by atoms with Gasteiger partial charge in [0.15, 0.2) is 9.92 Å². The second-order valence-electron chi connectivity index (χ2n) is 8.85. The molecule has 0 fully saturated rings. The predicted octanol–water partition coefficient (Wildman–Crippen LogP) is 3.30. The average molecular weight is 448 g/mol. The molecule has 31 heavy (non-hydrogen) atoms. The van der Waals surface area contributed by atoms with Crippen LogP contribution in [-0.4, -0.2) is 31.8 Å². The number of nitrogens with one attached hydrogen (secondary N) is 1. The highest BCUT2D eigenvalue weighted by molar-refractivity contribution is 7.91. The van der Waals surface area contributed by atoms with Crippen LogP contribution in [0.15, 0.2) is 21.5 Å². The van der Waals surface area contributed by atoms with Gasteiger partial charge in [0.1, 0.15) is 16.7 Å². The zero-order valence-corrected chi connectivity index (χ0v) is 18.4. The number of carbonyl (C=O) groups is 1. The summed E-state index contributed by atoms with van der Waals surface area (Å²) in [5, 5.41) is 13.0. The van der Waals surface area contributed by atoms with Crippen molar-refractivity contribution in [3.8, 4) is 5.88 Å². The Morgan fingerprint density at radius 1 is 1.42 bits per heavy atom. The molecule has 0 bridgehead atoms. The second-order valence-corrected chi connectivity index (χ2v) is 10.6. The summed E-state index contributed by atoms with van der Waals surface area (Å²) in [6, 6.07) is 1.25. The van der Waals surface area contributed by atoms with E-state index in [0.29, 0.717) is 18.7 Å². The molecule has 1 aromatic heterocycles. The van der Waals surface area contributed by atoms with Gasteiger partial charge in [0.2, 0.25) is 5.88 Å². The van der Waals surface area contributed by atoms with Gasteiger partial charge >= 0.3 is 6.03 Å². The smallest absolute Gasteiger partial charge is 0.354 e. The highest BCUT2D eigenvalue weighted by atomic mass is 32.2. The molecule has 3 aliphatic rings. The Labute approximate surface area is 180 Å². The third-order valence-corrected chi connectivity index (χ3v) is 7.91. The number of halogens is 1. The Bertz CT molecular complexity index is 1220. The van der Waals surface area contributed by atoms with Crippen molar-refractivity contribution >= 4 is 21.6 Å². The van der Waals surface area contributed by atoms with Crippen LogP contribution in [0.1, 0.15) is 48.9 Å². The van der Waals surface area contributed by atoms with Crippen LogP contribution in [0.25, 0.3) is 0 Å². The van der Waals surface area contributed by atoms with E-state index in [2.05, 4.69) is 20.8 Å². The van der Waals surface area contributed by atoms with Crippen LogP contribution in [0.4, 0.5) is 14.9 Å². The molecule has 0 saturated carbocycles. The molecular formula is C21H26FN5O3S. The van der Waals surface area contributed by atoms with E-state index in [1.807, 2.05) is 13.8 Å². The number of nitrogens with two attached hydrogens (primary N) is 1. The fourth-order valence-corrected chi connectivity index (χ4v) is 5.78. The number of rotatable bonds is 3. The number of aryl methyl sites for hydroxylation is 1. The molecule has 2 amide bonds. The van der Waals surface area contributed by atoms with Crippen molar-refractivity contribution in [2.45, 2.75) is 75.6 Å². The largest absolute Gasteiger partial charge is 0.469 e. The van der Waals surface area contributed by atoms with E-state index in [1.54, 1.807) is 4.68 Å². The molecular weight excluding hydrogens is 421 g/mol. The lowest BCUT2D eigenvalue weighted by molar-refractivity contribution is 0.105. The summed E-state index contributed by atoms with van der Waals surface area (Å²) >= 11 is 0. The number of ether oxygens (including phenoxy) is 1. The van der Waals surface area contributed by atoms with Crippen molar-refractivity contribution in [2.75, 3.05) is 5.32 Å². The van der Waals surface area contributed by atoms with Crippen molar-refractivity contribution < 1.29 is 18.1 Å². The van der Waals surface area contributed by atoms with E-state index >= 15 is 0 Å². The Morgan fingerprint density at radius 3 is 3.00 bits per heavy atom. The normalized spacial score (nSPS) is 25.4. The highest BCUT2D eigenvalue weighted by Crippen LogP contribution is 2.40. The van der Waals surface area contributed by atoms with E-state index in [9.17, 15) is 13.4 Å². The standard InChI is InChI=1S/C21H26FN5O3S/c1-3-21(2)11-27-19(30-21)17(10-24-27)31(23,29)26-20(28)25-18-15-6-4-5-12(15)7-13-8-14(22)9-16(13)18/h7,10,14H,3-6,8-9,11H2,1-2H3,(H3,23,25,26,28,29)/t14-,21+,31+/m0/s1. The van der Waals surface area contributed by atoms with Crippen LogP contribution in [0.5, 0.6) is 5.88 Å². The zero-order chi connectivity index (χ0) is 22.0. The molecule has 0 radical (unpaired) electrons. The summed E-state index contributed by atoms with van der Waals surface area (Å²) in [4.78, 5) is 12.9. The molecule has 1 aliphatic heterocycles. The van der Waals surface area contributed by atoms with Gasteiger partial charge in [0.05, 0.1) is 12.7 Å². The monoisotopic (exact) mass is 447 g/mol. The first-order valence-corrected chi connectivity index (χ1v) is 12.2. The number of alkyl halides is 1. The van der Waals surface area contributed by atoms with Crippen molar-refractivity contribution in [1.82, 2.24) is 9.78 Å². The maximum atomic E-state index is 14.1. The molecule has 10 heteroatoms. The van der Waals surface area contributed by atoms with Gasteiger partial charge in [0, 0.05) is 18.5 Å². The zero-order valence-electron chi connectivity index (χ0n) is 17.6. The molecule has 8 nitrogen and oxygen atoms in total. The Morgan fingerprint density at radius 2 is 2.23 bits per heavy atom. The second kappa shape index (κ2) is 7.03. The maximum absolute atomic E-state index is 14.1. The minimum absolute atomic E-state index is 0.104.